The molecule has 1 fully saturated rings. The Bertz CT molecular complexity index is 394. The van der Waals surface area contributed by atoms with Crippen LogP contribution in [-0.4, -0.2) is 25.2 Å². The smallest absolute Gasteiger partial charge is 0.230 e. The van der Waals surface area contributed by atoms with Gasteiger partial charge >= 0.3 is 0 Å². The summed E-state index contributed by atoms with van der Waals surface area (Å²) in [6.07, 6.45) is 0. The molecule has 0 spiro atoms. The molecule has 0 saturated carbocycles. The molecule has 17 heavy (non-hydrogen) atoms. The molecule has 1 amide bonds. The molecule has 92 valence electrons. The lowest BCUT2D eigenvalue weighted by Gasteiger charge is -2.25. The van der Waals surface area contributed by atoms with Crippen LogP contribution < -0.4 is 11.1 Å². The zero-order chi connectivity index (χ0) is 12.3. The molecule has 0 bridgehead atoms. The number of ether oxygens (including phenoxy) is 1. The van der Waals surface area contributed by atoms with Crippen molar-refractivity contribution in [1.82, 2.24) is 5.32 Å². The van der Waals surface area contributed by atoms with Gasteiger partial charge in [-0.1, -0.05) is 30.3 Å². The first kappa shape index (κ1) is 12.1. The van der Waals surface area contributed by atoms with Gasteiger partial charge in [-0.15, -0.1) is 0 Å². The van der Waals surface area contributed by atoms with Crippen molar-refractivity contribution in [3.05, 3.63) is 35.9 Å². The minimum Gasteiger partial charge on any atom is -0.379 e. The van der Waals surface area contributed by atoms with Crippen LogP contribution in [0.5, 0.6) is 0 Å². The van der Waals surface area contributed by atoms with Crippen molar-refractivity contribution >= 4 is 5.91 Å². The average molecular weight is 234 g/mol. The molecule has 1 aromatic rings. The molecule has 2 unspecified atom stereocenters. The molecule has 4 nitrogen and oxygen atoms in total. The third-order valence-corrected chi connectivity index (χ3v) is 3.33. The van der Waals surface area contributed by atoms with Crippen LogP contribution in [0.1, 0.15) is 12.5 Å². The fourth-order valence-corrected chi connectivity index (χ4v) is 1.90. The summed E-state index contributed by atoms with van der Waals surface area (Å²) in [5.41, 5.74) is 6.38. The van der Waals surface area contributed by atoms with Crippen molar-refractivity contribution in [2.75, 3.05) is 13.2 Å². The minimum atomic E-state index is -0.602. The van der Waals surface area contributed by atoms with E-state index < -0.39 is 5.41 Å². The van der Waals surface area contributed by atoms with Crippen molar-refractivity contribution in [2.45, 2.75) is 19.5 Å². The summed E-state index contributed by atoms with van der Waals surface area (Å²) < 4.78 is 5.26. The van der Waals surface area contributed by atoms with Crippen molar-refractivity contribution in [3.63, 3.8) is 0 Å². The van der Waals surface area contributed by atoms with Gasteiger partial charge in [0.15, 0.2) is 0 Å². The zero-order valence-electron chi connectivity index (χ0n) is 9.98. The van der Waals surface area contributed by atoms with Crippen LogP contribution in [0.15, 0.2) is 30.3 Å². The fourth-order valence-electron chi connectivity index (χ4n) is 1.90. The Kier molecular flexibility index (Phi) is 3.45. The molecule has 0 radical (unpaired) electrons. The zero-order valence-corrected chi connectivity index (χ0v) is 9.98. The molecule has 4 heteroatoms. The first-order valence-corrected chi connectivity index (χ1v) is 5.78. The van der Waals surface area contributed by atoms with Gasteiger partial charge < -0.3 is 15.8 Å². The topological polar surface area (TPSA) is 64.3 Å². The number of nitrogens with two attached hydrogens (primary N) is 1. The van der Waals surface area contributed by atoms with E-state index in [2.05, 4.69) is 5.32 Å². The quantitative estimate of drug-likeness (QED) is 0.807. The third-order valence-electron chi connectivity index (χ3n) is 3.33. The molecule has 1 aromatic carbocycles. The molecule has 0 aromatic heterocycles. The number of nitrogens with one attached hydrogen (secondary N) is 1. The predicted molar refractivity (Wildman–Crippen MR) is 65.2 cm³/mol. The molecule has 1 heterocycles. The van der Waals surface area contributed by atoms with E-state index in [1.54, 1.807) is 0 Å². The Morgan fingerprint density at radius 2 is 2.24 bits per heavy atom. The van der Waals surface area contributed by atoms with Gasteiger partial charge in [0.1, 0.15) is 0 Å². The van der Waals surface area contributed by atoms with E-state index in [4.69, 9.17) is 10.5 Å². The van der Waals surface area contributed by atoms with Crippen LogP contribution in [0.2, 0.25) is 0 Å². The van der Waals surface area contributed by atoms with Gasteiger partial charge in [0.2, 0.25) is 5.91 Å². The highest BCUT2D eigenvalue weighted by Gasteiger charge is 2.44. The Morgan fingerprint density at radius 1 is 1.53 bits per heavy atom. The SMILES string of the molecule is CC1(C(=O)NCc2ccccc2)COCC1N. The van der Waals surface area contributed by atoms with Crippen LogP contribution in [0.3, 0.4) is 0 Å². The summed E-state index contributed by atoms with van der Waals surface area (Å²) in [5.74, 6) is -0.0358. The second-order valence-electron chi connectivity index (χ2n) is 4.71. The van der Waals surface area contributed by atoms with E-state index in [0.717, 1.165) is 5.56 Å². The van der Waals surface area contributed by atoms with Crippen LogP contribution in [-0.2, 0) is 16.1 Å². The lowest BCUT2D eigenvalue weighted by Crippen LogP contribution is -2.49. The van der Waals surface area contributed by atoms with Gasteiger partial charge in [-0.05, 0) is 12.5 Å². The summed E-state index contributed by atoms with van der Waals surface area (Å²) in [4.78, 5) is 12.1. The van der Waals surface area contributed by atoms with Crippen molar-refractivity contribution in [2.24, 2.45) is 11.1 Å². The molecule has 2 atom stereocenters. The summed E-state index contributed by atoms with van der Waals surface area (Å²) >= 11 is 0. The maximum Gasteiger partial charge on any atom is 0.230 e. The third kappa shape index (κ3) is 2.48. The number of amides is 1. The van der Waals surface area contributed by atoms with Crippen LogP contribution >= 0.6 is 0 Å². The molecule has 2 rings (SSSR count). The summed E-state index contributed by atoms with van der Waals surface area (Å²) in [6, 6.07) is 9.59. The van der Waals surface area contributed by atoms with Gasteiger partial charge in [0.05, 0.1) is 18.6 Å². The lowest BCUT2D eigenvalue weighted by molar-refractivity contribution is -0.130. The van der Waals surface area contributed by atoms with Gasteiger partial charge in [0, 0.05) is 12.6 Å². The highest BCUT2D eigenvalue weighted by Crippen LogP contribution is 2.27. The molecular formula is C13H18N2O2. The van der Waals surface area contributed by atoms with Gasteiger partial charge in [-0.2, -0.15) is 0 Å². The summed E-state index contributed by atoms with van der Waals surface area (Å²) in [5, 5.41) is 2.91. The first-order valence-electron chi connectivity index (χ1n) is 5.78. The van der Waals surface area contributed by atoms with E-state index in [9.17, 15) is 4.79 Å². The van der Waals surface area contributed by atoms with Crippen molar-refractivity contribution < 1.29 is 9.53 Å². The molecule has 0 aliphatic carbocycles. The van der Waals surface area contributed by atoms with E-state index in [-0.39, 0.29) is 11.9 Å². The molecule has 1 aliphatic rings. The number of benzene rings is 1. The largest absolute Gasteiger partial charge is 0.379 e. The standard InChI is InChI=1S/C13H18N2O2/c1-13(9-17-8-11(13)14)12(16)15-7-10-5-3-2-4-6-10/h2-6,11H,7-9,14H2,1H3,(H,15,16). The monoisotopic (exact) mass is 234 g/mol. The van der Waals surface area contributed by atoms with E-state index >= 15 is 0 Å². The van der Waals surface area contributed by atoms with Crippen LogP contribution in [0.4, 0.5) is 0 Å². The normalized spacial score (nSPS) is 28.0. The minimum absolute atomic E-state index is 0.0358. The Hall–Kier alpha value is -1.39. The van der Waals surface area contributed by atoms with Crippen LogP contribution in [0, 0.1) is 5.41 Å². The summed E-state index contributed by atoms with van der Waals surface area (Å²) in [7, 11) is 0. The highest BCUT2D eigenvalue weighted by atomic mass is 16.5. The fraction of sp³-hybridized carbons (Fsp3) is 0.462. The number of carbonyl (C=O) groups excluding carboxylic acids is 1. The maximum atomic E-state index is 12.1. The molecular weight excluding hydrogens is 216 g/mol. The predicted octanol–water partition coefficient (Wildman–Crippen LogP) is 0.667. The highest BCUT2D eigenvalue weighted by molar-refractivity contribution is 5.83. The van der Waals surface area contributed by atoms with E-state index in [0.29, 0.717) is 19.8 Å². The maximum absolute atomic E-state index is 12.1. The first-order chi connectivity index (χ1) is 8.13. The Balaban J connectivity index is 1.94. The van der Waals surface area contributed by atoms with Crippen molar-refractivity contribution in [3.8, 4) is 0 Å². The lowest BCUT2D eigenvalue weighted by atomic mass is 9.85. The number of carbonyl (C=O) groups is 1. The van der Waals surface area contributed by atoms with E-state index in [1.807, 2.05) is 37.3 Å². The average Bonchev–Trinajstić information content (AvgIpc) is 2.69. The molecule has 1 aliphatic heterocycles. The molecule has 3 N–H and O–H groups in total. The molecule has 1 saturated heterocycles. The van der Waals surface area contributed by atoms with Crippen LogP contribution in [0.25, 0.3) is 0 Å². The summed E-state index contributed by atoms with van der Waals surface area (Å²) in [6.45, 7) is 3.23. The van der Waals surface area contributed by atoms with E-state index in [1.165, 1.54) is 0 Å². The number of rotatable bonds is 3. The van der Waals surface area contributed by atoms with Gasteiger partial charge in [-0.25, -0.2) is 0 Å². The number of hydrogen-bond acceptors (Lipinski definition) is 3. The van der Waals surface area contributed by atoms with Gasteiger partial charge in [0.25, 0.3) is 0 Å². The van der Waals surface area contributed by atoms with Crippen molar-refractivity contribution in [1.29, 1.82) is 0 Å². The second kappa shape index (κ2) is 4.85. The Labute approximate surface area is 101 Å². The number of hydrogen-bond donors (Lipinski definition) is 2. The Morgan fingerprint density at radius 3 is 2.82 bits per heavy atom. The van der Waals surface area contributed by atoms with Gasteiger partial charge in [-0.3, -0.25) is 4.79 Å². The second-order valence-corrected chi connectivity index (χ2v) is 4.71.